The molecule has 4 rings (SSSR count). The number of methoxy groups -OCH3 is 2. The van der Waals surface area contributed by atoms with Gasteiger partial charge >= 0.3 is 0 Å². The van der Waals surface area contributed by atoms with Gasteiger partial charge in [0.2, 0.25) is 0 Å². The normalized spacial score (nSPS) is 13.6. The van der Waals surface area contributed by atoms with Gasteiger partial charge in [0.15, 0.2) is 11.6 Å². The third-order valence-corrected chi connectivity index (χ3v) is 4.98. The third kappa shape index (κ3) is 3.66. The lowest BCUT2D eigenvalue weighted by Crippen LogP contribution is -2.32. The van der Waals surface area contributed by atoms with E-state index in [9.17, 15) is 18.4 Å². The van der Waals surface area contributed by atoms with Crippen molar-refractivity contribution in [3.8, 4) is 11.5 Å². The van der Waals surface area contributed by atoms with Crippen LogP contribution in [-0.4, -0.2) is 26.0 Å². The highest BCUT2D eigenvalue weighted by Gasteiger charge is 2.41. The Morgan fingerprint density at radius 1 is 0.812 bits per heavy atom. The number of benzene rings is 3. The molecule has 0 aromatic heterocycles. The smallest absolute Gasteiger partial charge is 0.282 e. The predicted molar refractivity (Wildman–Crippen MR) is 115 cm³/mol. The van der Waals surface area contributed by atoms with E-state index in [2.05, 4.69) is 5.32 Å². The molecular formula is C24H18F2N2O4. The van der Waals surface area contributed by atoms with Crippen LogP contribution in [0.1, 0.15) is 5.56 Å². The molecule has 1 aliphatic heterocycles. The summed E-state index contributed by atoms with van der Waals surface area (Å²) in [5.41, 5.74) is 0.836. The number of carbonyl (C=O) groups is 2. The van der Waals surface area contributed by atoms with Crippen LogP contribution in [0.15, 0.2) is 72.4 Å². The van der Waals surface area contributed by atoms with Crippen LogP contribution < -0.4 is 19.7 Å². The van der Waals surface area contributed by atoms with Crippen LogP contribution in [-0.2, 0) is 9.59 Å². The van der Waals surface area contributed by atoms with Crippen LogP contribution in [0, 0.1) is 11.6 Å². The van der Waals surface area contributed by atoms with Crippen molar-refractivity contribution in [1.29, 1.82) is 0 Å². The molecule has 0 radical (unpaired) electrons. The minimum Gasteiger partial charge on any atom is -0.497 e. The molecule has 1 N–H and O–H groups in total. The molecule has 0 unspecified atom stereocenters. The van der Waals surface area contributed by atoms with Gasteiger partial charge in [0, 0.05) is 11.8 Å². The Hall–Kier alpha value is -4.20. The Bertz CT molecular complexity index is 1240. The SMILES string of the molecule is COc1ccc(C2=C(Nc3ccc(F)c(F)c3)C(=O)N(c3ccccc3OC)C2=O)cc1. The first-order valence-corrected chi connectivity index (χ1v) is 9.57. The van der Waals surface area contributed by atoms with Gasteiger partial charge in [0.05, 0.1) is 25.5 Å². The zero-order chi connectivity index (χ0) is 22.8. The summed E-state index contributed by atoms with van der Waals surface area (Å²) in [5.74, 6) is -2.45. The van der Waals surface area contributed by atoms with E-state index < -0.39 is 23.4 Å². The zero-order valence-corrected chi connectivity index (χ0v) is 17.2. The fourth-order valence-corrected chi connectivity index (χ4v) is 3.42. The largest absolute Gasteiger partial charge is 0.497 e. The summed E-state index contributed by atoms with van der Waals surface area (Å²) < 4.78 is 37.6. The van der Waals surface area contributed by atoms with Gasteiger partial charge in [-0.05, 0) is 42.0 Å². The summed E-state index contributed by atoms with van der Waals surface area (Å²) in [6.07, 6.45) is 0. The molecule has 162 valence electrons. The summed E-state index contributed by atoms with van der Waals surface area (Å²) >= 11 is 0. The lowest BCUT2D eigenvalue weighted by atomic mass is 10.0. The van der Waals surface area contributed by atoms with Crippen LogP contribution >= 0.6 is 0 Å². The Balaban J connectivity index is 1.84. The Kier molecular flexibility index (Phi) is 5.59. The van der Waals surface area contributed by atoms with Crippen LogP contribution in [0.2, 0.25) is 0 Å². The number of nitrogens with one attached hydrogen (secondary N) is 1. The van der Waals surface area contributed by atoms with Gasteiger partial charge in [0.1, 0.15) is 17.2 Å². The Labute approximate surface area is 182 Å². The van der Waals surface area contributed by atoms with Crippen molar-refractivity contribution in [2.45, 2.75) is 0 Å². The van der Waals surface area contributed by atoms with Gasteiger partial charge in [-0.2, -0.15) is 0 Å². The molecule has 0 saturated carbocycles. The molecular weight excluding hydrogens is 418 g/mol. The fraction of sp³-hybridized carbons (Fsp3) is 0.0833. The second-order valence-corrected chi connectivity index (χ2v) is 6.85. The van der Waals surface area contributed by atoms with Crippen LogP contribution in [0.4, 0.5) is 20.2 Å². The fourth-order valence-electron chi connectivity index (χ4n) is 3.42. The maximum Gasteiger partial charge on any atom is 0.282 e. The highest BCUT2D eigenvalue weighted by molar-refractivity contribution is 6.46. The van der Waals surface area contributed by atoms with Gasteiger partial charge in [-0.15, -0.1) is 0 Å². The van der Waals surface area contributed by atoms with E-state index in [4.69, 9.17) is 9.47 Å². The standard InChI is InChI=1S/C24H18F2N2O4/c1-31-16-10-7-14(8-11-16)21-22(27-15-9-12-17(25)18(26)13-15)24(30)28(23(21)29)19-5-3-4-6-20(19)32-2/h3-13,27H,1-2H3. The lowest BCUT2D eigenvalue weighted by molar-refractivity contribution is -0.120. The van der Waals surface area contributed by atoms with Crippen LogP contribution in [0.5, 0.6) is 11.5 Å². The number of imide groups is 1. The minimum atomic E-state index is -1.08. The number of nitrogens with zero attached hydrogens (tertiary/aromatic N) is 1. The van der Waals surface area contributed by atoms with Crippen LogP contribution in [0.25, 0.3) is 5.57 Å². The molecule has 0 bridgehead atoms. The summed E-state index contributed by atoms with van der Waals surface area (Å²) in [6.45, 7) is 0. The van der Waals surface area contributed by atoms with Crippen molar-refractivity contribution in [2.24, 2.45) is 0 Å². The molecule has 2 amide bonds. The van der Waals surface area contributed by atoms with Gasteiger partial charge in [-0.1, -0.05) is 24.3 Å². The first-order valence-electron chi connectivity index (χ1n) is 9.57. The Morgan fingerprint density at radius 2 is 1.53 bits per heavy atom. The monoisotopic (exact) mass is 436 g/mol. The number of rotatable bonds is 6. The molecule has 3 aromatic carbocycles. The maximum absolute atomic E-state index is 13.7. The predicted octanol–water partition coefficient (Wildman–Crippen LogP) is 4.38. The van der Waals surface area contributed by atoms with Crippen molar-refractivity contribution in [2.75, 3.05) is 24.4 Å². The number of anilines is 2. The summed E-state index contributed by atoms with van der Waals surface area (Å²) in [7, 11) is 2.94. The maximum atomic E-state index is 13.7. The van der Waals surface area contributed by atoms with Crippen molar-refractivity contribution in [3.63, 3.8) is 0 Å². The zero-order valence-electron chi connectivity index (χ0n) is 17.2. The van der Waals surface area contributed by atoms with E-state index in [1.807, 2.05) is 0 Å². The Morgan fingerprint density at radius 3 is 2.19 bits per heavy atom. The van der Waals surface area contributed by atoms with Crippen molar-refractivity contribution in [1.82, 2.24) is 0 Å². The molecule has 6 nitrogen and oxygen atoms in total. The molecule has 1 aliphatic rings. The molecule has 0 saturated heterocycles. The molecule has 32 heavy (non-hydrogen) atoms. The number of hydrogen-bond donors (Lipinski definition) is 1. The number of amides is 2. The van der Waals surface area contributed by atoms with Crippen molar-refractivity contribution < 1.29 is 27.8 Å². The number of carbonyl (C=O) groups excluding carboxylic acids is 2. The molecule has 0 spiro atoms. The second kappa shape index (κ2) is 8.50. The summed E-state index contributed by atoms with van der Waals surface area (Å²) in [4.78, 5) is 27.8. The van der Waals surface area contributed by atoms with Crippen molar-refractivity contribution >= 4 is 28.8 Å². The van der Waals surface area contributed by atoms with E-state index in [-0.39, 0.29) is 22.6 Å². The number of hydrogen-bond acceptors (Lipinski definition) is 5. The molecule has 1 heterocycles. The molecule has 0 aliphatic carbocycles. The highest BCUT2D eigenvalue weighted by Crippen LogP contribution is 2.38. The molecule has 3 aromatic rings. The van der Waals surface area contributed by atoms with Gasteiger partial charge in [0.25, 0.3) is 11.8 Å². The number of halogens is 2. The third-order valence-electron chi connectivity index (χ3n) is 4.98. The highest BCUT2D eigenvalue weighted by atomic mass is 19.2. The molecule has 8 heteroatoms. The first kappa shape index (κ1) is 21.0. The van der Waals surface area contributed by atoms with Gasteiger partial charge in [-0.25, -0.2) is 13.7 Å². The summed E-state index contributed by atoms with van der Waals surface area (Å²) in [6, 6.07) is 16.3. The van der Waals surface area contributed by atoms with Gasteiger partial charge in [-0.3, -0.25) is 9.59 Å². The van der Waals surface area contributed by atoms with E-state index in [0.29, 0.717) is 17.1 Å². The average Bonchev–Trinajstić information content (AvgIpc) is 3.05. The first-order chi connectivity index (χ1) is 15.4. The van der Waals surface area contributed by atoms with E-state index in [1.54, 1.807) is 48.5 Å². The topological polar surface area (TPSA) is 67.9 Å². The quantitative estimate of drug-likeness (QED) is 0.581. The van der Waals surface area contributed by atoms with Gasteiger partial charge < -0.3 is 14.8 Å². The number of para-hydroxylation sites is 2. The minimum absolute atomic E-state index is 0.0721. The second-order valence-electron chi connectivity index (χ2n) is 6.85. The van der Waals surface area contributed by atoms with Crippen molar-refractivity contribution in [3.05, 3.63) is 89.6 Å². The average molecular weight is 436 g/mol. The van der Waals surface area contributed by atoms with E-state index in [1.165, 1.54) is 20.3 Å². The molecule has 0 fully saturated rings. The van der Waals surface area contributed by atoms with E-state index >= 15 is 0 Å². The molecule has 0 atom stereocenters. The van der Waals surface area contributed by atoms with E-state index in [0.717, 1.165) is 17.0 Å². The lowest BCUT2D eigenvalue weighted by Gasteiger charge is -2.18. The number of ether oxygens (including phenoxy) is 2. The van der Waals surface area contributed by atoms with Crippen LogP contribution in [0.3, 0.4) is 0 Å². The summed E-state index contributed by atoms with van der Waals surface area (Å²) in [5, 5.41) is 2.79.